The number of carbonyl (C=O) groups is 2. The van der Waals surface area contributed by atoms with E-state index < -0.39 is 0 Å². The van der Waals surface area contributed by atoms with Crippen molar-refractivity contribution in [3.05, 3.63) is 112 Å². The van der Waals surface area contributed by atoms with Crippen LogP contribution in [0.1, 0.15) is 37.5 Å². The lowest BCUT2D eigenvalue weighted by molar-refractivity contribution is 0.0535. The first-order valence-electron chi connectivity index (χ1n) is 12.5. The number of halogens is 1. The van der Waals surface area contributed by atoms with Crippen LogP contribution < -0.4 is 0 Å². The Morgan fingerprint density at radius 2 is 1.32 bits per heavy atom. The Morgan fingerprint density at radius 3 is 1.95 bits per heavy atom. The molecule has 0 saturated carbocycles. The maximum absolute atomic E-state index is 13.7. The molecule has 5 rings (SSSR count). The number of piperazine rings is 1. The Hall–Kier alpha value is -3.83. The molecule has 188 valence electrons. The topological polar surface area (TPSA) is 45.6 Å². The lowest BCUT2D eigenvalue weighted by Crippen LogP contribution is -2.50. The van der Waals surface area contributed by atoms with Crippen molar-refractivity contribution in [3.8, 4) is 16.9 Å². The van der Waals surface area contributed by atoms with Crippen LogP contribution in [0.4, 0.5) is 0 Å². The normalized spacial score (nSPS) is 13.6. The van der Waals surface area contributed by atoms with Gasteiger partial charge in [0.25, 0.3) is 11.8 Å². The van der Waals surface area contributed by atoms with E-state index in [4.69, 9.17) is 11.6 Å². The van der Waals surface area contributed by atoms with Crippen LogP contribution in [0.2, 0.25) is 5.02 Å². The third kappa shape index (κ3) is 5.05. The molecule has 0 N–H and O–H groups in total. The molecule has 0 atom stereocenters. The quantitative estimate of drug-likeness (QED) is 0.322. The van der Waals surface area contributed by atoms with Crippen molar-refractivity contribution in [2.75, 3.05) is 26.2 Å². The monoisotopic (exact) mass is 511 g/mol. The lowest BCUT2D eigenvalue weighted by atomic mass is 10.1. The second kappa shape index (κ2) is 10.3. The summed E-state index contributed by atoms with van der Waals surface area (Å²) in [6, 6.07) is 25.6. The van der Waals surface area contributed by atoms with Gasteiger partial charge in [0, 0.05) is 48.1 Å². The molecule has 0 radical (unpaired) electrons. The summed E-state index contributed by atoms with van der Waals surface area (Å²) in [6.07, 6.45) is 0. The summed E-state index contributed by atoms with van der Waals surface area (Å²) in [5.41, 5.74) is 7.45. The van der Waals surface area contributed by atoms with Gasteiger partial charge in [-0.1, -0.05) is 53.6 Å². The van der Waals surface area contributed by atoms with Crippen LogP contribution in [0.15, 0.2) is 78.9 Å². The van der Waals surface area contributed by atoms with Crippen molar-refractivity contribution in [1.29, 1.82) is 0 Å². The van der Waals surface area contributed by atoms with Crippen LogP contribution in [0.5, 0.6) is 0 Å². The van der Waals surface area contributed by atoms with Gasteiger partial charge in [0.05, 0.1) is 11.3 Å². The van der Waals surface area contributed by atoms with E-state index in [2.05, 4.69) is 29.7 Å². The number of carbonyl (C=O) groups excluding carboxylic acids is 2. The first-order chi connectivity index (χ1) is 17.8. The smallest absolute Gasteiger partial charge is 0.255 e. The minimum atomic E-state index is -0.0125. The Kier molecular flexibility index (Phi) is 6.90. The molecule has 1 aromatic heterocycles. The van der Waals surface area contributed by atoms with Crippen LogP contribution in [-0.4, -0.2) is 52.4 Å². The van der Waals surface area contributed by atoms with Crippen LogP contribution in [-0.2, 0) is 0 Å². The van der Waals surface area contributed by atoms with Crippen LogP contribution in [0, 0.1) is 20.8 Å². The van der Waals surface area contributed by atoms with Gasteiger partial charge in [0.15, 0.2) is 0 Å². The fourth-order valence-corrected chi connectivity index (χ4v) is 5.04. The van der Waals surface area contributed by atoms with Crippen molar-refractivity contribution in [3.63, 3.8) is 0 Å². The van der Waals surface area contributed by atoms with E-state index in [-0.39, 0.29) is 11.8 Å². The Labute approximate surface area is 222 Å². The summed E-state index contributed by atoms with van der Waals surface area (Å²) >= 11 is 6.15. The molecule has 1 aliphatic heterocycles. The van der Waals surface area contributed by atoms with E-state index >= 15 is 0 Å². The summed E-state index contributed by atoms with van der Waals surface area (Å²) in [4.78, 5) is 30.4. The highest BCUT2D eigenvalue weighted by molar-refractivity contribution is 6.30. The highest BCUT2D eigenvalue weighted by atomic mass is 35.5. The molecule has 3 aromatic carbocycles. The molecule has 0 bridgehead atoms. The van der Waals surface area contributed by atoms with Gasteiger partial charge < -0.3 is 14.4 Å². The predicted molar refractivity (Wildman–Crippen MR) is 149 cm³/mol. The maximum Gasteiger partial charge on any atom is 0.255 e. The molecule has 0 unspecified atom stereocenters. The number of aromatic nitrogens is 1. The minimum absolute atomic E-state index is 0.0125. The van der Waals surface area contributed by atoms with E-state index in [1.807, 2.05) is 84.3 Å². The highest BCUT2D eigenvalue weighted by Crippen LogP contribution is 2.31. The molecular weight excluding hydrogens is 482 g/mol. The van der Waals surface area contributed by atoms with Gasteiger partial charge in [-0.3, -0.25) is 9.59 Å². The Morgan fingerprint density at radius 1 is 0.703 bits per heavy atom. The number of nitrogens with zero attached hydrogens (tertiary/aromatic N) is 3. The van der Waals surface area contributed by atoms with Gasteiger partial charge >= 0.3 is 0 Å². The average molecular weight is 512 g/mol. The summed E-state index contributed by atoms with van der Waals surface area (Å²) in [7, 11) is 0. The van der Waals surface area contributed by atoms with Gasteiger partial charge in [-0.15, -0.1) is 0 Å². The molecule has 5 nitrogen and oxygen atoms in total. The predicted octanol–water partition coefficient (Wildman–Crippen LogP) is 6.32. The largest absolute Gasteiger partial charge is 0.335 e. The summed E-state index contributed by atoms with van der Waals surface area (Å²) < 4.78 is 2.14. The first-order valence-corrected chi connectivity index (χ1v) is 12.9. The number of aryl methyl sites for hydroxylation is 2. The van der Waals surface area contributed by atoms with Crippen molar-refractivity contribution < 1.29 is 9.59 Å². The summed E-state index contributed by atoms with van der Waals surface area (Å²) in [5, 5.41) is 0.670. The molecule has 1 fully saturated rings. The van der Waals surface area contributed by atoms with Crippen LogP contribution in [0.25, 0.3) is 16.9 Å². The second-order valence-corrected chi connectivity index (χ2v) is 10.1. The molecule has 4 aromatic rings. The fraction of sp³-hybridized carbons (Fsp3) is 0.226. The number of hydrogen-bond acceptors (Lipinski definition) is 2. The van der Waals surface area contributed by atoms with Gasteiger partial charge in [-0.25, -0.2) is 0 Å². The number of hydrogen-bond donors (Lipinski definition) is 0. The molecule has 1 saturated heterocycles. The van der Waals surface area contributed by atoms with Gasteiger partial charge in [-0.2, -0.15) is 0 Å². The van der Waals surface area contributed by atoms with Crippen molar-refractivity contribution in [2.45, 2.75) is 20.8 Å². The molecule has 2 heterocycles. The van der Waals surface area contributed by atoms with Gasteiger partial charge in [-0.05, 0) is 74.4 Å². The van der Waals surface area contributed by atoms with E-state index in [1.165, 1.54) is 0 Å². The zero-order valence-corrected chi connectivity index (χ0v) is 22.1. The van der Waals surface area contributed by atoms with Crippen molar-refractivity contribution in [1.82, 2.24) is 14.4 Å². The van der Waals surface area contributed by atoms with Crippen molar-refractivity contribution in [2.24, 2.45) is 0 Å². The highest BCUT2D eigenvalue weighted by Gasteiger charge is 2.28. The minimum Gasteiger partial charge on any atom is -0.335 e. The first kappa shape index (κ1) is 24.8. The third-order valence-electron chi connectivity index (χ3n) is 7.03. The van der Waals surface area contributed by atoms with E-state index in [0.29, 0.717) is 42.3 Å². The lowest BCUT2D eigenvalue weighted by Gasteiger charge is -2.35. The van der Waals surface area contributed by atoms with E-state index in [9.17, 15) is 9.59 Å². The number of rotatable bonds is 4. The number of benzene rings is 3. The molecule has 6 heteroatoms. The summed E-state index contributed by atoms with van der Waals surface area (Å²) in [6.45, 7) is 8.09. The van der Waals surface area contributed by atoms with Crippen LogP contribution in [0.3, 0.4) is 0 Å². The van der Waals surface area contributed by atoms with Gasteiger partial charge in [0.1, 0.15) is 0 Å². The molecular formula is C31H30ClN3O2. The summed E-state index contributed by atoms with van der Waals surface area (Å²) in [5.74, 6) is 0.000422. The van der Waals surface area contributed by atoms with Gasteiger partial charge in [0.2, 0.25) is 0 Å². The van der Waals surface area contributed by atoms with E-state index in [1.54, 1.807) is 0 Å². The Bertz CT molecular complexity index is 1450. The van der Waals surface area contributed by atoms with Crippen molar-refractivity contribution >= 4 is 23.4 Å². The third-order valence-corrected chi connectivity index (χ3v) is 7.28. The SMILES string of the molecule is Cc1ccc(C(=O)N2CCN(C(=O)c3cc(-c4ccc(Cl)cc4)n(-c4cccc(C)c4)c3C)CC2)cc1. The average Bonchev–Trinajstić information content (AvgIpc) is 3.25. The molecule has 37 heavy (non-hydrogen) atoms. The Balaban J connectivity index is 1.41. The van der Waals surface area contributed by atoms with Crippen LogP contribution >= 0.6 is 11.6 Å². The molecule has 0 aliphatic carbocycles. The molecule has 0 spiro atoms. The zero-order valence-electron chi connectivity index (χ0n) is 21.4. The second-order valence-electron chi connectivity index (χ2n) is 9.66. The fourth-order valence-electron chi connectivity index (χ4n) is 4.92. The molecule has 2 amide bonds. The van der Waals surface area contributed by atoms with E-state index in [0.717, 1.165) is 33.8 Å². The number of amides is 2. The standard InChI is InChI=1S/C31H30ClN3O2/c1-21-7-9-25(10-8-21)30(36)33-15-17-34(18-16-33)31(37)28-20-29(24-11-13-26(32)14-12-24)35(23(28)3)27-6-4-5-22(2)19-27/h4-14,19-20H,15-18H2,1-3H3. The molecule has 1 aliphatic rings. The maximum atomic E-state index is 13.7. The zero-order chi connectivity index (χ0) is 26.1.